The van der Waals surface area contributed by atoms with E-state index in [1.54, 1.807) is 18.3 Å². The number of hydrogen-bond donors (Lipinski definition) is 1. The molecule has 2 aliphatic carbocycles. The third-order valence-corrected chi connectivity index (χ3v) is 11.1. The van der Waals surface area contributed by atoms with Crippen LogP contribution in [-0.2, 0) is 14.6 Å². The van der Waals surface area contributed by atoms with Gasteiger partial charge in [-0.3, -0.25) is 9.78 Å². The first-order valence-electron chi connectivity index (χ1n) is 12.5. The van der Waals surface area contributed by atoms with Gasteiger partial charge in [-0.2, -0.15) is 0 Å². The van der Waals surface area contributed by atoms with E-state index in [2.05, 4.69) is 10.3 Å². The lowest BCUT2D eigenvalue weighted by molar-refractivity contribution is -0.126. The maximum Gasteiger partial charge on any atom is 0.182 e. The number of sulfone groups is 1. The van der Waals surface area contributed by atoms with Gasteiger partial charge in [0.2, 0.25) is 0 Å². The molecule has 0 amide bonds. The fourth-order valence-corrected chi connectivity index (χ4v) is 8.42. The Hall–Kier alpha value is -2.28. The van der Waals surface area contributed by atoms with Crippen molar-refractivity contribution in [1.82, 2.24) is 10.3 Å². The van der Waals surface area contributed by atoms with E-state index >= 15 is 0 Å². The maximum atomic E-state index is 13.6. The maximum absolute atomic E-state index is 13.6. The second-order valence-electron chi connectivity index (χ2n) is 10.5. The van der Waals surface area contributed by atoms with Gasteiger partial charge in [0.05, 0.1) is 27.2 Å². The van der Waals surface area contributed by atoms with Crippen molar-refractivity contribution in [2.45, 2.75) is 60.6 Å². The van der Waals surface area contributed by atoms with Crippen LogP contribution < -0.4 is 5.32 Å². The Morgan fingerprint density at radius 1 is 0.971 bits per heavy atom. The Kier molecular flexibility index (Phi) is 5.74. The molecule has 1 saturated heterocycles. The molecule has 1 unspecified atom stereocenters. The van der Waals surface area contributed by atoms with Crippen molar-refractivity contribution in [2.24, 2.45) is 11.8 Å². The molecule has 2 aromatic carbocycles. The lowest BCUT2D eigenvalue weighted by Gasteiger charge is -2.45. The predicted octanol–water partition coefficient (Wildman–Crippen LogP) is 5.60. The van der Waals surface area contributed by atoms with Gasteiger partial charge < -0.3 is 5.32 Å². The van der Waals surface area contributed by atoms with Gasteiger partial charge in [-0.05, 0) is 86.3 Å². The second kappa shape index (κ2) is 8.68. The van der Waals surface area contributed by atoms with Crippen LogP contribution in [0.25, 0.3) is 22.0 Å². The molecule has 0 radical (unpaired) electrons. The molecule has 6 rings (SSSR count). The smallest absolute Gasteiger partial charge is 0.182 e. The van der Waals surface area contributed by atoms with Gasteiger partial charge in [-0.25, -0.2) is 8.42 Å². The molecule has 3 aromatic rings. The summed E-state index contributed by atoms with van der Waals surface area (Å²) >= 11 is 6.58. The molecule has 3 fully saturated rings. The topological polar surface area (TPSA) is 76.1 Å². The molecular formula is C28H29ClN2O3S. The van der Waals surface area contributed by atoms with Crippen LogP contribution >= 0.6 is 11.6 Å². The van der Waals surface area contributed by atoms with Gasteiger partial charge in [0.15, 0.2) is 9.84 Å². The lowest BCUT2D eigenvalue weighted by Crippen LogP contribution is -2.57. The van der Waals surface area contributed by atoms with Crippen LogP contribution in [0.1, 0.15) is 44.9 Å². The van der Waals surface area contributed by atoms with E-state index < -0.39 is 15.1 Å². The van der Waals surface area contributed by atoms with E-state index in [-0.39, 0.29) is 21.4 Å². The van der Waals surface area contributed by atoms with E-state index in [0.717, 1.165) is 54.1 Å². The van der Waals surface area contributed by atoms with Crippen LogP contribution in [0.5, 0.6) is 0 Å². The number of benzene rings is 2. The predicted molar refractivity (Wildman–Crippen MR) is 138 cm³/mol. The summed E-state index contributed by atoms with van der Waals surface area (Å²) in [6.45, 7) is 0.427. The fourth-order valence-electron chi connectivity index (χ4n) is 6.11. The summed E-state index contributed by atoms with van der Waals surface area (Å²) in [7, 11) is -3.55. The summed E-state index contributed by atoms with van der Waals surface area (Å²) in [5, 5.41) is 4.35. The molecule has 1 aliphatic heterocycles. The van der Waals surface area contributed by atoms with Crippen LogP contribution in [0.15, 0.2) is 59.6 Å². The third-order valence-electron chi connectivity index (χ3n) is 8.36. The number of piperidine rings is 1. The van der Waals surface area contributed by atoms with Crippen molar-refractivity contribution in [1.29, 1.82) is 0 Å². The number of rotatable bonds is 4. The van der Waals surface area contributed by atoms with Crippen LogP contribution in [0.4, 0.5) is 0 Å². The van der Waals surface area contributed by atoms with Gasteiger partial charge in [-0.1, -0.05) is 35.9 Å². The summed E-state index contributed by atoms with van der Waals surface area (Å²) in [4.78, 5) is 17.0. The number of hydrogen-bond acceptors (Lipinski definition) is 5. The Balaban J connectivity index is 1.20. The molecular weight excluding hydrogens is 480 g/mol. The zero-order valence-electron chi connectivity index (χ0n) is 19.5. The first-order valence-corrected chi connectivity index (χ1v) is 14.4. The Morgan fingerprint density at radius 3 is 2.46 bits per heavy atom. The van der Waals surface area contributed by atoms with Crippen LogP contribution in [0.3, 0.4) is 0 Å². The number of fused-ring (bicyclic) bond motifs is 1. The Bertz CT molecular complexity index is 1410. The first-order chi connectivity index (χ1) is 16.8. The number of carbonyl (C=O) groups is 1. The molecule has 1 N–H and O–H groups in total. The number of pyridine rings is 1. The highest BCUT2D eigenvalue weighted by atomic mass is 35.5. The van der Waals surface area contributed by atoms with Crippen molar-refractivity contribution in [3.63, 3.8) is 0 Å². The molecule has 2 heterocycles. The van der Waals surface area contributed by atoms with Crippen LogP contribution in [0, 0.1) is 11.8 Å². The Morgan fingerprint density at radius 2 is 1.71 bits per heavy atom. The summed E-state index contributed by atoms with van der Waals surface area (Å²) in [6.07, 6.45) is 7.70. The van der Waals surface area contributed by atoms with Crippen molar-refractivity contribution < 1.29 is 13.2 Å². The molecule has 1 atom stereocenters. The highest BCUT2D eigenvalue weighted by Crippen LogP contribution is 2.47. The van der Waals surface area contributed by atoms with E-state index in [1.165, 1.54) is 0 Å². The SMILES string of the molecule is O=C1CNC2(CCC(S(=O)(=O)c3ccc(-c4ccc5cccnc5c4)cc3Cl)CC2)CC1C1CC1. The number of halogens is 1. The average molecular weight is 509 g/mol. The number of nitrogens with zero attached hydrogens (tertiary/aromatic N) is 1. The average Bonchev–Trinajstić information content (AvgIpc) is 3.71. The summed E-state index contributed by atoms with van der Waals surface area (Å²) < 4.78 is 27.1. The minimum atomic E-state index is -3.55. The van der Waals surface area contributed by atoms with Crippen LogP contribution in [0.2, 0.25) is 5.02 Å². The van der Waals surface area contributed by atoms with Crippen LogP contribution in [-0.4, -0.2) is 36.5 Å². The van der Waals surface area contributed by atoms with Crippen molar-refractivity contribution >= 4 is 38.1 Å². The molecule has 182 valence electrons. The highest BCUT2D eigenvalue weighted by Gasteiger charge is 2.48. The monoisotopic (exact) mass is 508 g/mol. The molecule has 0 bridgehead atoms. The van der Waals surface area contributed by atoms with E-state index in [9.17, 15) is 13.2 Å². The summed E-state index contributed by atoms with van der Waals surface area (Å²) in [5.74, 6) is 1.05. The first kappa shape index (κ1) is 23.1. The molecule has 2 saturated carbocycles. The number of carbonyl (C=O) groups excluding carboxylic acids is 1. The van der Waals surface area contributed by atoms with Gasteiger partial charge in [0, 0.05) is 23.0 Å². The van der Waals surface area contributed by atoms with Crippen molar-refractivity contribution in [3.05, 3.63) is 59.8 Å². The number of Topliss-reactive ketones (excluding diaryl/α,β-unsaturated/α-hetero) is 1. The van der Waals surface area contributed by atoms with Gasteiger partial charge in [0.1, 0.15) is 5.78 Å². The van der Waals surface area contributed by atoms with Gasteiger partial charge in [-0.15, -0.1) is 0 Å². The molecule has 1 aromatic heterocycles. The molecule has 5 nitrogen and oxygen atoms in total. The van der Waals surface area contributed by atoms with Crippen molar-refractivity contribution in [2.75, 3.05) is 6.54 Å². The van der Waals surface area contributed by atoms with E-state index in [0.29, 0.717) is 31.1 Å². The lowest BCUT2D eigenvalue weighted by atomic mass is 9.71. The molecule has 35 heavy (non-hydrogen) atoms. The normalized spacial score (nSPS) is 27.4. The summed E-state index contributed by atoms with van der Waals surface area (Å²) in [6, 6.07) is 15.2. The highest BCUT2D eigenvalue weighted by molar-refractivity contribution is 7.92. The number of aromatic nitrogens is 1. The third kappa shape index (κ3) is 4.30. The van der Waals surface area contributed by atoms with Gasteiger partial charge >= 0.3 is 0 Å². The second-order valence-corrected chi connectivity index (χ2v) is 13.2. The van der Waals surface area contributed by atoms with E-state index in [1.807, 2.05) is 36.4 Å². The minimum Gasteiger partial charge on any atom is -0.304 e. The van der Waals surface area contributed by atoms with E-state index in [4.69, 9.17) is 11.6 Å². The Labute approximate surface area is 211 Å². The zero-order valence-corrected chi connectivity index (χ0v) is 21.1. The quantitative estimate of drug-likeness (QED) is 0.496. The summed E-state index contributed by atoms with van der Waals surface area (Å²) in [5.41, 5.74) is 2.61. The standard InChI is InChI=1S/C28H29ClN2O3S/c29-24-14-20(21-6-5-19-2-1-13-30-25(19)15-21)7-8-27(24)35(33,34)22-9-11-28(12-10-22)16-23(18-3-4-18)26(32)17-31-28/h1-2,5-8,13-15,18,22-23,31H,3-4,9-12,16-17H2. The number of ketones is 1. The number of nitrogens with one attached hydrogen (secondary N) is 1. The molecule has 7 heteroatoms. The minimum absolute atomic E-state index is 0.0923. The zero-order chi connectivity index (χ0) is 24.2. The van der Waals surface area contributed by atoms with Gasteiger partial charge in [0.25, 0.3) is 0 Å². The van der Waals surface area contributed by atoms with Crippen molar-refractivity contribution in [3.8, 4) is 11.1 Å². The largest absolute Gasteiger partial charge is 0.304 e. The molecule has 3 aliphatic rings. The molecule has 1 spiro atoms. The fraction of sp³-hybridized carbons (Fsp3) is 0.429.